The molecule has 2 heterocycles. The summed E-state index contributed by atoms with van der Waals surface area (Å²) in [7, 11) is 0. The van der Waals surface area contributed by atoms with Crippen molar-refractivity contribution in [3.05, 3.63) is 59.7 Å². The van der Waals surface area contributed by atoms with Gasteiger partial charge in [0.15, 0.2) is 0 Å². The number of piperidine rings is 1. The van der Waals surface area contributed by atoms with Crippen LogP contribution in [0.15, 0.2) is 48.5 Å². The van der Waals surface area contributed by atoms with Gasteiger partial charge in [-0.05, 0) is 67.3 Å². The molecular formula is C25H30N2O5. The zero-order valence-corrected chi connectivity index (χ0v) is 18.2. The number of aromatic carboxylic acids is 1. The van der Waals surface area contributed by atoms with E-state index < -0.39 is 5.97 Å². The minimum absolute atomic E-state index is 0.223. The maximum absolute atomic E-state index is 11.7. The van der Waals surface area contributed by atoms with Gasteiger partial charge >= 0.3 is 5.97 Å². The van der Waals surface area contributed by atoms with E-state index in [4.69, 9.17) is 14.6 Å². The molecule has 0 spiro atoms. The molecule has 7 heteroatoms. The first kappa shape index (κ1) is 22.1. The van der Waals surface area contributed by atoms with Crippen molar-refractivity contribution in [3.8, 4) is 11.5 Å². The number of amides is 1. The molecule has 170 valence electrons. The highest BCUT2D eigenvalue weighted by Crippen LogP contribution is 2.32. The van der Waals surface area contributed by atoms with Crippen molar-refractivity contribution in [1.29, 1.82) is 0 Å². The number of ether oxygens (including phenoxy) is 2. The van der Waals surface area contributed by atoms with Gasteiger partial charge in [-0.25, -0.2) is 4.79 Å². The van der Waals surface area contributed by atoms with Crippen LogP contribution in [0.4, 0.5) is 0 Å². The normalized spacial score (nSPS) is 20.9. The van der Waals surface area contributed by atoms with Gasteiger partial charge in [0.2, 0.25) is 5.91 Å². The molecule has 2 aromatic carbocycles. The molecule has 1 amide bonds. The van der Waals surface area contributed by atoms with E-state index >= 15 is 0 Å². The molecule has 32 heavy (non-hydrogen) atoms. The highest BCUT2D eigenvalue weighted by molar-refractivity contribution is 5.87. The van der Waals surface area contributed by atoms with Crippen LogP contribution in [-0.4, -0.2) is 61.3 Å². The van der Waals surface area contributed by atoms with E-state index in [0.29, 0.717) is 43.8 Å². The number of carboxylic acids is 1. The number of hydrogen-bond donors (Lipinski definition) is 2. The first-order valence-electron chi connectivity index (χ1n) is 11.3. The Hall–Kier alpha value is -3.06. The lowest BCUT2D eigenvalue weighted by atomic mass is 9.81. The third-order valence-electron chi connectivity index (χ3n) is 6.28. The molecule has 2 aromatic rings. The van der Waals surface area contributed by atoms with Crippen LogP contribution in [0, 0.1) is 5.92 Å². The fourth-order valence-corrected chi connectivity index (χ4v) is 4.46. The van der Waals surface area contributed by atoms with E-state index in [1.54, 1.807) is 24.3 Å². The fraction of sp³-hybridized carbons (Fsp3) is 0.440. The monoisotopic (exact) mass is 438 g/mol. The minimum Gasteiger partial charge on any atom is -0.493 e. The molecular weight excluding hydrogens is 408 g/mol. The van der Waals surface area contributed by atoms with Gasteiger partial charge in [0.25, 0.3) is 0 Å². The third kappa shape index (κ3) is 5.59. The van der Waals surface area contributed by atoms with Gasteiger partial charge < -0.3 is 24.8 Å². The van der Waals surface area contributed by atoms with Crippen LogP contribution < -0.4 is 14.8 Å². The van der Waals surface area contributed by atoms with Gasteiger partial charge in [-0.3, -0.25) is 4.79 Å². The Bertz CT molecular complexity index is 913. The van der Waals surface area contributed by atoms with Crippen molar-refractivity contribution in [2.24, 2.45) is 5.92 Å². The lowest BCUT2D eigenvalue weighted by Gasteiger charge is -2.32. The quantitative estimate of drug-likeness (QED) is 0.625. The number of nitrogens with one attached hydrogen (secondary N) is 1. The molecule has 0 unspecified atom stereocenters. The Labute approximate surface area is 188 Å². The predicted octanol–water partition coefficient (Wildman–Crippen LogP) is 3.16. The summed E-state index contributed by atoms with van der Waals surface area (Å²) in [6.45, 7) is 4.39. The largest absolute Gasteiger partial charge is 0.493 e. The molecule has 2 aliphatic heterocycles. The number of hydrogen-bond acceptors (Lipinski definition) is 5. The highest BCUT2D eigenvalue weighted by Gasteiger charge is 2.27. The second kappa shape index (κ2) is 10.5. The number of rotatable bonds is 9. The van der Waals surface area contributed by atoms with Crippen molar-refractivity contribution >= 4 is 11.9 Å². The molecule has 0 saturated carbocycles. The molecule has 0 bridgehead atoms. The smallest absolute Gasteiger partial charge is 0.335 e. The first-order chi connectivity index (χ1) is 15.6. The Morgan fingerprint density at radius 2 is 1.78 bits per heavy atom. The average Bonchev–Trinajstić information content (AvgIpc) is 3.23. The first-order valence-corrected chi connectivity index (χ1v) is 11.3. The van der Waals surface area contributed by atoms with Crippen molar-refractivity contribution < 1.29 is 24.2 Å². The number of carboxylic acid groups (broad SMARTS) is 1. The zero-order valence-electron chi connectivity index (χ0n) is 18.2. The molecule has 2 fully saturated rings. The maximum atomic E-state index is 11.7. The lowest BCUT2D eigenvalue weighted by Crippen LogP contribution is -2.38. The van der Waals surface area contributed by atoms with Crippen LogP contribution in [0.5, 0.6) is 11.5 Å². The molecule has 4 rings (SSSR count). The summed E-state index contributed by atoms with van der Waals surface area (Å²) in [5.41, 5.74) is 1.52. The van der Waals surface area contributed by atoms with Gasteiger partial charge in [-0.2, -0.15) is 0 Å². The molecule has 2 saturated heterocycles. The van der Waals surface area contributed by atoms with Crippen LogP contribution in [0.25, 0.3) is 0 Å². The van der Waals surface area contributed by atoms with Gasteiger partial charge in [0, 0.05) is 25.4 Å². The molecule has 0 radical (unpaired) electrons. The molecule has 2 atom stereocenters. The van der Waals surface area contributed by atoms with Gasteiger partial charge in [0.05, 0.1) is 18.7 Å². The average molecular weight is 439 g/mol. The second-order valence-electron chi connectivity index (χ2n) is 8.40. The molecule has 0 aromatic heterocycles. The number of benzene rings is 2. The Kier molecular flexibility index (Phi) is 7.27. The zero-order chi connectivity index (χ0) is 22.3. The van der Waals surface area contributed by atoms with Crippen LogP contribution in [0.3, 0.4) is 0 Å². The predicted molar refractivity (Wildman–Crippen MR) is 120 cm³/mol. The van der Waals surface area contributed by atoms with Crippen molar-refractivity contribution in [1.82, 2.24) is 10.2 Å². The fourth-order valence-electron chi connectivity index (χ4n) is 4.46. The Balaban J connectivity index is 1.30. The molecule has 2 N–H and O–H groups in total. The number of nitrogens with zero attached hydrogens (tertiary/aromatic N) is 1. The van der Waals surface area contributed by atoms with Gasteiger partial charge in [-0.15, -0.1) is 0 Å². The topological polar surface area (TPSA) is 88.1 Å². The molecule has 0 aliphatic carbocycles. The van der Waals surface area contributed by atoms with E-state index in [2.05, 4.69) is 17.4 Å². The van der Waals surface area contributed by atoms with E-state index in [1.807, 2.05) is 17.0 Å². The SMILES string of the molecule is O=C(O)c1ccc(OC[C@@H]2CNCC[C@H]2c2ccc(OCCN3CCCC3=O)cc2)cc1. The third-order valence-corrected chi connectivity index (χ3v) is 6.28. The van der Waals surface area contributed by atoms with Crippen LogP contribution >= 0.6 is 0 Å². The summed E-state index contributed by atoms with van der Waals surface area (Å²) < 4.78 is 11.8. The van der Waals surface area contributed by atoms with Gasteiger partial charge in [-0.1, -0.05) is 12.1 Å². The van der Waals surface area contributed by atoms with Crippen molar-refractivity contribution in [2.45, 2.75) is 25.2 Å². The standard InChI is InChI=1S/C25H30N2O5/c28-24-2-1-13-27(24)14-15-31-21-7-3-18(4-8-21)23-11-12-26-16-20(23)17-32-22-9-5-19(6-10-22)25(29)30/h3-10,20,23,26H,1-2,11-17H2,(H,29,30)/t20-,23-/m0/s1. The highest BCUT2D eigenvalue weighted by atomic mass is 16.5. The van der Waals surface area contributed by atoms with E-state index in [0.717, 1.165) is 38.2 Å². The summed E-state index contributed by atoms with van der Waals surface area (Å²) >= 11 is 0. The van der Waals surface area contributed by atoms with Gasteiger partial charge in [0.1, 0.15) is 18.1 Å². The van der Waals surface area contributed by atoms with Crippen LogP contribution in [0.2, 0.25) is 0 Å². The van der Waals surface area contributed by atoms with E-state index in [9.17, 15) is 9.59 Å². The summed E-state index contributed by atoms with van der Waals surface area (Å²) in [6.07, 6.45) is 2.63. The lowest BCUT2D eigenvalue weighted by molar-refractivity contribution is -0.128. The van der Waals surface area contributed by atoms with Crippen LogP contribution in [0.1, 0.15) is 41.1 Å². The summed E-state index contributed by atoms with van der Waals surface area (Å²) in [5, 5.41) is 12.5. The van der Waals surface area contributed by atoms with E-state index in [1.165, 1.54) is 5.56 Å². The number of carbonyl (C=O) groups is 2. The minimum atomic E-state index is -0.940. The maximum Gasteiger partial charge on any atom is 0.335 e. The number of likely N-dealkylation sites (tertiary alicyclic amines) is 1. The Morgan fingerprint density at radius 1 is 1.06 bits per heavy atom. The van der Waals surface area contributed by atoms with E-state index in [-0.39, 0.29) is 11.5 Å². The van der Waals surface area contributed by atoms with Crippen molar-refractivity contribution in [3.63, 3.8) is 0 Å². The summed E-state index contributed by atoms with van der Waals surface area (Å²) in [5.74, 6) is 1.48. The second-order valence-corrected chi connectivity index (χ2v) is 8.40. The summed E-state index contributed by atoms with van der Waals surface area (Å²) in [6, 6.07) is 14.8. The Morgan fingerprint density at radius 3 is 2.47 bits per heavy atom. The van der Waals surface area contributed by atoms with Crippen molar-refractivity contribution in [2.75, 3.05) is 39.4 Å². The molecule has 7 nitrogen and oxygen atoms in total. The summed E-state index contributed by atoms with van der Waals surface area (Å²) in [4.78, 5) is 24.5. The molecule has 2 aliphatic rings. The van der Waals surface area contributed by atoms with Crippen LogP contribution in [-0.2, 0) is 4.79 Å². The number of carbonyl (C=O) groups excluding carboxylic acids is 1.